The molecule has 0 aliphatic rings. The molecule has 6 nitrogen and oxygen atoms in total. The van der Waals surface area contributed by atoms with Gasteiger partial charge in [-0.2, -0.15) is 0 Å². The second kappa shape index (κ2) is 24.1. The molecule has 30 heavy (non-hydrogen) atoms. The molecule has 0 rings (SSSR count). The van der Waals surface area contributed by atoms with E-state index in [1.165, 1.54) is 12.8 Å². The number of rotatable bonds is 13. The smallest absolute Gasteiger partial charge is 0.222 e. The molecule has 0 heterocycles. The van der Waals surface area contributed by atoms with Gasteiger partial charge in [-0.3, -0.25) is 9.59 Å². The molecule has 6 heteroatoms. The number of amides is 2. The van der Waals surface area contributed by atoms with E-state index in [9.17, 15) is 9.59 Å². The van der Waals surface area contributed by atoms with Crippen LogP contribution >= 0.6 is 0 Å². The van der Waals surface area contributed by atoms with Crippen molar-refractivity contribution < 1.29 is 19.8 Å². The molecule has 0 atom stereocenters. The highest BCUT2D eigenvalue weighted by Crippen LogP contribution is 2.07. The van der Waals surface area contributed by atoms with Crippen LogP contribution in [0.4, 0.5) is 0 Å². The molecule has 4 N–H and O–H groups in total. The lowest BCUT2D eigenvalue weighted by atomic mass is 10.1. The van der Waals surface area contributed by atoms with Crippen LogP contribution in [0.3, 0.4) is 0 Å². The Labute approximate surface area is 186 Å². The summed E-state index contributed by atoms with van der Waals surface area (Å²) in [6, 6.07) is 0. The van der Waals surface area contributed by atoms with Crippen LogP contribution in [0.2, 0.25) is 0 Å². The Morgan fingerprint density at radius 1 is 0.667 bits per heavy atom. The molecular formula is C24H52N2O4. The summed E-state index contributed by atoms with van der Waals surface area (Å²) in [5.74, 6) is 2.30. The SMILES string of the molecule is CC(C)C(=O)NCCO.CC(C)CCCCC(=O)NCCC(C)C.CC(C)CCO. The Balaban J connectivity index is -0.000000411. The van der Waals surface area contributed by atoms with Gasteiger partial charge in [0.1, 0.15) is 0 Å². The van der Waals surface area contributed by atoms with Crippen molar-refractivity contribution in [1.29, 1.82) is 0 Å². The monoisotopic (exact) mass is 432 g/mol. The molecule has 0 aliphatic carbocycles. The molecule has 0 aliphatic heterocycles. The van der Waals surface area contributed by atoms with Crippen LogP contribution < -0.4 is 10.6 Å². The molecule has 0 saturated heterocycles. The first-order valence-electron chi connectivity index (χ1n) is 11.7. The van der Waals surface area contributed by atoms with Crippen LogP contribution in [0.25, 0.3) is 0 Å². The molecule has 0 fully saturated rings. The van der Waals surface area contributed by atoms with E-state index in [-0.39, 0.29) is 24.3 Å². The molecule has 0 saturated carbocycles. The molecule has 0 spiro atoms. The number of carbonyl (C=O) groups is 2. The molecule has 0 unspecified atom stereocenters. The van der Waals surface area contributed by atoms with Crippen molar-refractivity contribution >= 4 is 11.8 Å². The van der Waals surface area contributed by atoms with Crippen LogP contribution in [0, 0.1) is 23.7 Å². The van der Waals surface area contributed by atoms with Gasteiger partial charge in [-0.25, -0.2) is 0 Å². The number of unbranched alkanes of at least 4 members (excludes halogenated alkanes) is 1. The summed E-state index contributed by atoms with van der Waals surface area (Å²) in [5, 5.41) is 22.0. The van der Waals surface area contributed by atoms with E-state index >= 15 is 0 Å². The Morgan fingerprint density at radius 3 is 1.57 bits per heavy atom. The highest BCUT2D eigenvalue weighted by Gasteiger charge is 2.03. The van der Waals surface area contributed by atoms with Crippen molar-refractivity contribution in [2.45, 2.75) is 93.9 Å². The van der Waals surface area contributed by atoms with E-state index < -0.39 is 0 Å². The number of carbonyl (C=O) groups excluding carboxylic acids is 2. The van der Waals surface area contributed by atoms with Crippen molar-refractivity contribution in [3.05, 3.63) is 0 Å². The second-order valence-corrected chi connectivity index (χ2v) is 9.25. The summed E-state index contributed by atoms with van der Waals surface area (Å²) < 4.78 is 0. The zero-order valence-corrected chi connectivity index (χ0v) is 21.1. The maximum Gasteiger partial charge on any atom is 0.222 e. The van der Waals surface area contributed by atoms with Crippen molar-refractivity contribution in [2.24, 2.45) is 23.7 Å². The largest absolute Gasteiger partial charge is 0.396 e. The van der Waals surface area contributed by atoms with Crippen LogP contribution in [0.5, 0.6) is 0 Å². The van der Waals surface area contributed by atoms with Gasteiger partial charge in [-0.15, -0.1) is 0 Å². The highest BCUT2D eigenvalue weighted by atomic mass is 16.3. The lowest BCUT2D eigenvalue weighted by molar-refractivity contribution is -0.124. The van der Waals surface area contributed by atoms with Crippen molar-refractivity contribution in [2.75, 3.05) is 26.3 Å². The molecule has 0 aromatic heterocycles. The lowest BCUT2D eigenvalue weighted by Crippen LogP contribution is -2.29. The summed E-state index contributed by atoms with van der Waals surface area (Å²) in [6.07, 6.45) is 6.16. The average Bonchev–Trinajstić information content (AvgIpc) is 2.63. The zero-order chi connectivity index (χ0) is 23.9. The van der Waals surface area contributed by atoms with E-state index in [4.69, 9.17) is 10.2 Å². The number of aliphatic hydroxyl groups is 2. The molecule has 2 amide bonds. The maximum atomic E-state index is 11.4. The predicted molar refractivity (Wildman–Crippen MR) is 127 cm³/mol. The minimum atomic E-state index is -0.0101. The van der Waals surface area contributed by atoms with E-state index in [2.05, 4.69) is 52.2 Å². The van der Waals surface area contributed by atoms with Crippen molar-refractivity contribution in [3.63, 3.8) is 0 Å². The Kier molecular flexibility index (Phi) is 26.9. The molecule has 0 bridgehead atoms. The normalized spacial score (nSPS) is 10.5. The van der Waals surface area contributed by atoms with E-state index in [0.717, 1.165) is 31.7 Å². The number of aliphatic hydroxyl groups excluding tert-OH is 2. The Hall–Kier alpha value is -1.14. The van der Waals surface area contributed by atoms with Gasteiger partial charge < -0.3 is 20.8 Å². The third kappa shape index (κ3) is 34.4. The van der Waals surface area contributed by atoms with Gasteiger partial charge >= 0.3 is 0 Å². The van der Waals surface area contributed by atoms with Crippen LogP contribution in [0.1, 0.15) is 93.9 Å². The zero-order valence-electron chi connectivity index (χ0n) is 21.1. The Morgan fingerprint density at radius 2 is 1.20 bits per heavy atom. The fraction of sp³-hybridized carbons (Fsp3) is 0.917. The van der Waals surface area contributed by atoms with Gasteiger partial charge in [0.25, 0.3) is 0 Å². The van der Waals surface area contributed by atoms with E-state index in [1.54, 1.807) is 0 Å². The standard InChI is InChI=1S/C13H27NO.C6H13NO2.C5H12O/c1-11(2)7-5-6-8-13(15)14-10-9-12(3)4;1-5(2)6(9)7-3-4-8;1-5(2)3-4-6/h11-12H,5-10H2,1-4H3,(H,14,15);5,8H,3-4H2,1-2H3,(H,7,9);5-6H,3-4H2,1-2H3. The van der Waals surface area contributed by atoms with Gasteiger partial charge in [-0.05, 0) is 37.0 Å². The minimum absolute atomic E-state index is 0.0101. The highest BCUT2D eigenvalue weighted by molar-refractivity contribution is 5.77. The maximum absolute atomic E-state index is 11.4. The van der Waals surface area contributed by atoms with E-state index in [1.807, 2.05) is 13.8 Å². The second-order valence-electron chi connectivity index (χ2n) is 9.25. The quantitative estimate of drug-likeness (QED) is 0.329. The summed E-state index contributed by atoms with van der Waals surface area (Å²) in [4.78, 5) is 22.0. The van der Waals surface area contributed by atoms with Crippen LogP contribution in [-0.4, -0.2) is 48.3 Å². The number of nitrogens with one attached hydrogen (secondary N) is 2. The number of hydrogen-bond donors (Lipinski definition) is 4. The molecule has 0 radical (unpaired) electrons. The summed E-state index contributed by atoms with van der Waals surface area (Å²) in [7, 11) is 0. The fourth-order valence-electron chi connectivity index (χ4n) is 2.07. The average molecular weight is 433 g/mol. The minimum Gasteiger partial charge on any atom is -0.396 e. The van der Waals surface area contributed by atoms with Crippen molar-refractivity contribution in [1.82, 2.24) is 10.6 Å². The molecule has 182 valence electrons. The van der Waals surface area contributed by atoms with Gasteiger partial charge in [0.2, 0.25) is 11.8 Å². The van der Waals surface area contributed by atoms with Gasteiger partial charge in [0.05, 0.1) is 6.61 Å². The van der Waals surface area contributed by atoms with Crippen molar-refractivity contribution in [3.8, 4) is 0 Å². The first-order chi connectivity index (χ1) is 14.0. The first-order valence-corrected chi connectivity index (χ1v) is 11.7. The molecular weight excluding hydrogens is 380 g/mol. The lowest BCUT2D eigenvalue weighted by Gasteiger charge is -2.07. The summed E-state index contributed by atoms with van der Waals surface area (Å²) >= 11 is 0. The summed E-state index contributed by atoms with van der Waals surface area (Å²) in [6.45, 7) is 18.1. The number of hydrogen-bond acceptors (Lipinski definition) is 4. The molecule has 0 aromatic rings. The molecule has 0 aromatic carbocycles. The van der Waals surface area contributed by atoms with Crippen LogP contribution in [0.15, 0.2) is 0 Å². The van der Waals surface area contributed by atoms with E-state index in [0.29, 0.717) is 31.4 Å². The van der Waals surface area contributed by atoms with Gasteiger partial charge in [0.15, 0.2) is 0 Å². The van der Waals surface area contributed by atoms with Gasteiger partial charge in [0, 0.05) is 32.0 Å². The topological polar surface area (TPSA) is 98.7 Å². The third-order valence-electron chi connectivity index (χ3n) is 4.12. The van der Waals surface area contributed by atoms with Gasteiger partial charge in [-0.1, -0.05) is 68.2 Å². The fourth-order valence-corrected chi connectivity index (χ4v) is 2.07. The third-order valence-corrected chi connectivity index (χ3v) is 4.12. The first kappa shape index (κ1) is 33.5. The summed E-state index contributed by atoms with van der Waals surface area (Å²) in [5.41, 5.74) is 0. The predicted octanol–water partition coefficient (Wildman–Crippen LogP) is 4.14. The Bertz CT molecular complexity index is 383. The van der Waals surface area contributed by atoms with Crippen LogP contribution in [-0.2, 0) is 9.59 Å².